The third kappa shape index (κ3) is 3.29. The van der Waals surface area contributed by atoms with Crippen molar-refractivity contribution in [3.8, 4) is 0 Å². The molecule has 0 amide bonds. The maximum Gasteiger partial charge on any atom is 0.175 e. The Hall–Kier alpha value is -1.59. The van der Waals surface area contributed by atoms with Gasteiger partial charge in [-0.3, -0.25) is 4.98 Å². The molecule has 0 unspecified atom stereocenters. The third-order valence-electron chi connectivity index (χ3n) is 2.97. The Bertz CT molecular complexity index is 730. The fourth-order valence-corrected chi connectivity index (χ4v) is 3.14. The summed E-state index contributed by atoms with van der Waals surface area (Å²) in [5.41, 5.74) is 2.46. The van der Waals surface area contributed by atoms with Crippen molar-refractivity contribution in [2.75, 3.05) is 11.6 Å². The Morgan fingerprint density at radius 2 is 2.05 bits per heavy atom. The average molecular weight is 311 g/mol. The second-order valence-electron chi connectivity index (χ2n) is 4.53. The molecule has 2 aromatic rings. The van der Waals surface area contributed by atoms with E-state index >= 15 is 0 Å². The Morgan fingerprint density at radius 1 is 1.30 bits per heavy atom. The van der Waals surface area contributed by atoms with E-state index in [2.05, 4.69) is 10.3 Å². The first-order valence-electron chi connectivity index (χ1n) is 6.01. The Kier molecular flexibility index (Phi) is 4.30. The number of nitrogens with one attached hydrogen (secondary N) is 1. The highest BCUT2D eigenvalue weighted by molar-refractivity contribution is 7.90. The van der Waals surface area contributed by atoms with Gasteiger partial charge in [0.05, 0.1) is 16.8 Å². The molecule has 106 valence electrons. The number of hydrogen-bond donors (Lipinski definition) is 1. The molecule has 1 heterocycles. The van der Waals surface area contributed by atoms with E-state index in [9.17, 15) is 8.42 Å². The van der Waals surface area contributed by atoms with Crippen LogP contribution in [0.1, 0.15) is 11.1 Å². The van der Waals surface area contributed by atoms with Gasteiger partial charge in [0.15, 0.2) is 9.84 Å². The van der Waals surface area contributed by atoms with Crippen molar-refractivity contribution in [1.82, 2.24) is 4.98 Å². The molecule has 2 rings (SSSR count). The predicted octanol–water partition coefficient (Wildman–Crippen LogP) is 3.06. The van der Waals surface area contributed by atoms with E-state index in [1.165, 1.54) is 6.26 Å². The fourth-order valence-electron chi connectivity index (χ4n) is 1.89. The number of halogens is 1. The van der Waals surface area contributed by atoms with E-state index in [0.29, 0.717) is 17.1 Å². The summed E-state index contributed by atoms with van der Waals surface area (Å²) in [6, 6.07) is 6.77. The number of rotatable bonds is 4. The van der Waals surface area contributed by atoms with Gasteiger partial charge in [0.2, 0.25) is 0 Å². The maximum atomic E-state index is 11.8. The molecule has 6 heteroatoms. The lowest BCUT2D eigenvalue weighted by Crippen LogP contribution is -2.08. The van der Waals surface area contributed by atoms with E-state index in [-0.39, 0.29) is 4.90 Å². The van der Waals surface area contributed by atoms with Gasteiger partial charge in [-0.05, 0) is 30.7 Å². The van der Waals surface area contributed by atoms with Crippen LogP contribution in [0.3, 0.4) is 0 Å². The predicted molar refractivity (Wildman–Crippen MR) is 80.9 cm³/mol. The van der Waals surface area contributed by atoms with Crippen LogP contribution < -0.4 is 5.32 Å². The molecule has 20 heavy (non-hydrogen) atoms. The summed E-state index contributed by atoms with van der Waals surface area (Å²) >= 11 is 6.12. The van der Waals surface area contributed by atoms with Crippen LogP contribution in [0.5, 0.6) is 0 Å². The quantitative estimate of drug-likeness (QED) is 0.943. The molecule has 4 nitrogen and oxygen atoms in total. The van der Waals surface area contributed by atoms with E-state index in [1.54, 1.807) is 30.6 Å². The van der Waals surface area contributed by atoms with Crippen LogP contribution in [-0.2, 0) is 16.4 Å². The molecule has 1 N–H and O–H groups in total. The molecule has 1 aromatic heterocycles. The van der Waals surface area contributed by atoms with Gasteiger partial charge in [0.1, 0.15) is 0 Å². The van der Waals surface area contributed by atoms with Crippen LogP contribution in [0.2, 0.25) is 5.02 Å². The largest absolute Gasteiger partial charge is 0.379 e. The standard InChI is InChI=1S/C14H15ClN2O2S/c1-10-6-7-16-9-13(10)17-8-11-12(15)4-3-5-14(11)20(2,18)19/h3-7,9,17H,8H2,1-2H3. The molecule has 0 saturated carbocycles. The Labute approximate surface area is 123 Å². The summed E-state index contributed by atoms with van der Waals surface area (Å²) < 4.78 is 23.6. The Balaban J connectivity index is 2.33. The van der Waals surface area contributed by atoms with Crippen molar-refractivity contribution in [2.24, 2.45) is 0 Å². The zero-order valence-corrected chi connectivity index (χ0v) is 12.8. The number of benzene rings is 1. The van der Waals surface area contributed by atoms with Gasteiger partial charge in [0.25, 0.3) is 0 Å². The molecule has 1 aromatic carbocycles. The first-order chi connectivity index (χ1) is 9.39. The van der Waals surface area contributed by atoms with Gasteiger partial charge in [0, 0.05) is 29.6 Å². The summed E-state index contributed by atoms with van der Waals surface area (Å²) in [7, 11) is -3.31. The highest BCUT2D eigenvalue weighted by atomic mass is 35.5. The number of aromatic nitrogens is 1. The van der Waals surface area contributed by atoms with Crippen LogP contribution >= 0.6 is 11.6 Å². The fraction of sp³-hybridized carbons (Fsp3) is 0.214. The van der Waals surface area contributed by atoms with E-state index in [1.807, 2.05) is 13.0 Å². The molecule has 0 radical (unpaired) electrons. The van der Waals surface area contributed by atoms with Crippen LogP contribution in [-0.4, -0.2) is 19.7 Å². The molecule has 0 aliphatic carbocycles. The lowest BCUT2D eigenvalue weighted by Gasteiger charge is -2.13. The first-order valence-corrected chi connectivity index (χ1v) is 8.28. The molecule has 0 atom stereocenters. The summed E-state index contributed by atoms with van der Waals surface area (Å²) in [6.45, 7) is 2.28. The van der Waals surface area contributed by atoms with Gasteiger partial charge in [-0.25, -0.2) is 8.42 Å². The lowest BCUT2D eigenvalue weighted by molar-refractivity contribution is 0.601. The van der Waals surface area contributed by atoms with Crippen molar-refractivity contribution < 1.29 is 8.42 Å². The summed E-state index contributed by atoms with van der Waals surface area (Å²) in [5.74, 6) is 0. The number of nitrogens with zero attached hydrogens (tertiary/aromatic N) is 1. The second kappa shape index (κ2) is 5.81. The number of aryl methyl sites for hydroxylation is 1. The number of hydrogen-bond acceptors (Lipinski definition) is 4. The van der Waals surface area contributed by atoms with E-state index in [4.69, 9.17) is 11.6 Å². The van der Waals surface area contributed by atoms with E-state index in [0.717, 1.165) is 11.3 Å². The van der Waals surface area contributed by atoms with Gasteiger partial charge in [-0.1, -0.05) is 17.7 Å². The number of anilines is 1. The summed E-state index contributed by atoms with van der Waals surface area (Å²) in [5, 5.41) is 3.60. The molecular formula is C14H15ClN2O2S. The van der Waals surface area contributed by atoms with Crippen molar-refractivity contribution >= 4 is 27.1 Å². The van der Waals surface area contributed by atoms with E-state index < -0.39 is 9.84 Å². The second-order valence-corrected chi connectivity index (χ2v) is 6.92. The SMILES string of the molecule is Cc1ccncc1NCc1c(Cl)cccc1S(C)(=O)=O. The number of sulfone groups is 1. The molecule has 0 spiro atoms. The smallest absolute Gasteiger partial charge is 0.175 e. The zero-order chi connectivity index (χ0) is 14.8. The van der Waals surface area contributed by atoms with Gasteiger partial charge >= 0.3 is 0 Å². The monoisotopic (exact) mass is 310 g/mol. The molecule has 0 bridgehead atoms. The minimum absolute atomic E-state index is 0.249. The first kappa shape index (κ1) is 14.8. The molecule has 0 aliphatic rings. The minimum Gasteiger partial charge on any atom is -0.379 e. The summed E-state index contributed by atoms with van der Waals surface area (Å²) in [4.78, 5) is 4.29. The zero-order valence-electron chi connectivity index (χ0n) is 11.2. The maximum absolute atomic E-state index is 11.8. The van der Waals surface area contributed by atoms with Gasteiger partial charge < -0.3 is 5.32 Å². The van der Waals surface area contributed by atoms with Gasteiger partial charge in [-0.2, -0.15) is 0 Å². The third-order valence-corrected chi connectivity index (χ3v) is 4.51. The van der Waals surface area contributed by atoms with Crippen molar-refractivity contribution in [3.05, 3.63) is 52.8 Å². The van der Waals surface area contributed by atoms with Gasteiger partial charge in [-0.15, -0.1) is 0 Å². The van der Waals surface area contributed by atoms with Crippen LogP contribution in [0, 0.1) is 6.92 Å². The topological polar surface area (TPSA) is 59.1 Å². The molecular weight excluding hydrogens is 296 g/mol. The van der Waals surface area contributed by atoms with Crippen LogP contribution in [0.15, 0.2) is 41.6 Å². The lowest BCUT2D eigenvalue weighted by atomic mass is 10.2. The van der Waals surface area contributed by atoms with Crippen molar-refractivity contribution in [1.29, 1.82) is 0 Å². The van der Waals surface area contributed by atoms with Crippen molar-refractivity contribution in [3.63, 3.8) is 0 Å². The summed E-state index contributed by atoms with van der Waals surface area (Å²) in [6.07, 6.45) is 4.59. The van der Waals surface area contributed by atoms with Crippen LogP contribution in [0.4, 0.5) is 5.69 Å². The highest BCUT2D eigenvalue weighted by Crippen LogP contribution is 2.25. The molecule has 0 saturated heterocycles. The van der Waals surface area contributed by atoms with Crippen molar-refractivity contribution in [2.45, 2.75) is 18.4 Å². The highest BCUT2D eigenvalue weighted by Gasteiger charge is 2.15. The van der Waals surface area contributed by atoms with Crippen LogP contribution in [0.25, 0.3) is 0 Å². The molecule has 0 fully saturated rings. The minimum atomic E-state index is -3.31. The molecule has 0 aliphatic heterocycles. The number of pyridine rings is 1. The average Bonchev–Trinajstić information content (AvgIpc) is 2.37. The normalized spacial score (nSPS) is 11.3. The Morgan fingerprint density at radius 3 is 2.70 bits per heavy atom.